The summed E-state index contributed by atoms with van der Waals surface area (Å²) in [4.78, 5) is 30.2. The second-order valence-corrected chi connectivity index (χ2v) is 7.30. The number of halogens is 1. The number of pyridine rings is 1. The number of nitrogens with zero attached hydrogens (tertiary/aromatic N) is 2. The molecule has 3 heterocycles. The zero-order chi connectivity index (χ0) is 19.7. The Morgan fingerprint density at radius 3 is 2.75 bits per heavy atom. The molecule has 0 atom stereocenters. The van der Waals surface area contributed by atoms with Gasteiger partial charge in [-0.25, -0.2) is 14.2 Å². The lowest BCUT2D eigenvalue weighted by Crippen LogP contribution is -2.17. The average Bonchev–Trinajstić information content (AvgIpc) is 3.18. The van der Waals surface area contributed by atoms with E-state index in [4.69, 9.17) is 4.74 Å². The van der Waals surface area contributed by atoms with E-state index in [0.29, 0.717) is 16.2 Å². The van der Waals surface area contributed by atoms with Gasteiger partial charge in [0.05, 0.1) is 5.69 Å². The van der Waals surface area contributed by atoms with Gasteiger partial charge in [-0.3, -0.25) is 9.20 Å². The molecule has 0 unspecified atom stereocenters. The topological polar surface area (TPSA) is 60.7 Å². The molecule has 0 amide bonds. The summed E-state index contributed by atoms with van der Waals surface area (Å²) in [6.45, 7) is 1.77. The summed E-state index contributed by atoms with van der Waals surface area (Å²) >= 11 is 1.26. The van der Waals surface area contributed by atoms with Crippen molar-refractivity contribution in [2.24, 2.45) is 0 Å². The predicted molar refractivity (Wildman–Crippen MR) is 105 cm³/mol. The first-order chi connectivity index (χ1) is 13.5. The molecule has 0 spiro atoms. The number of esters is 1. The molecular formula is C21H15FN2O3S. The van der Waals surface area contributed by atoms with Crippen molar-refractivity contribution in [3.8, 4) is 10.4 Å². The highest BCUT2D eigenvalue weighted by molar-refractivity contribution is 7.17. The zero-order valence-corrected chi connectivity index (χ0v) is 15.7. The van der Waals surface area contributed by atoms with Crippen LogP contribution >= 0.6 is 11.3 Å². The van der Waals surface area contributed by atoms with Crippen LogP contribution in [0, 0.1) is 12.7 Å². The first-order valence-corrected chi connectivity index (χ1v) is 9.34. The normalized spacial score (nSPS) is 10.9. The quantitative estimate of drug-likeness (QED) is 0.486. The van der Waals surface area contributed by atoms with Gasteiger partial charge in [0, 0.05) is 17.1 Å². The molecule has 1 aromatic carbocycles. The summed E-state index contributed by atoms with van der Waals surface area (Å²) < 4.78 is 19.8. The second-order valence-electron chi connectivity index (χ2n) is 6.22. The Morgan fingerprint density at radius 2 is 1.96 bits per heavy atom. The summed E-state index contributed by atoms with van der Waals surface area (Å²) in [5, 5.41) is 0. The van der Waals surface area contributed by atoms with Crippen molar-refractivity contribution in [2.45, 2.75) is 13.5 Å². The third kappa shape index (κ3) is 3.57. The number of rotatable bonds is 4. The smallest absolute Gasteiger partial charge is 0.348 e. The third-order valence-corrected chi connectivity index (χ3v) is 5.34. The molecule has 0 radical (unpaired) electrons. The number of carbonyl (C=O) groups excluding carboxylic acids is 1. The van der Waals surface area contributed by atoms with Gasteiger partial charge in [0.2, 0.25) is 0 Å². The maximum atomic E-state index is 13.0. The lowest BCUT2D eigenvalue weighted by molar-refractivity contribution is 0.0473. The summed E-state index contributed by atoms with van der Waals surface area (Å²) in [6, 6.07) is 14.5. The number of aromatic nitrogens is 2. The standard InChI is InChI=1S/C21H15FN2O3S/c1-13-3-2-10-24-19(25)11-16(23-20(13)24)12-27-21(26)18-9-8-17(28-18)14-4-6-15(22)7-5-14/h2-11H,12H2,1H3. The van der Waals surface area contributed by atoms with Gasteiger partial charge in [0.15, 0.2) is 0 Å². The van der Waals surface area contributed by atoms with Crippen LogP contribution in [0.15, 0.2) is 65.6 Å². The maximum absolute atomic E-state index is 13.0. The Hall–Kier alpha value is -3.32. The molecule has 140 valence electrons. The van der Waals surface area contributed by atoms with Gasteiger partial charge >= 0.3 is 5.97 Å². The number of thiophene rings is 1. The van der Waals surface area contributed by atoms with Crippen molar-refractivity contribution in [2.75, 3.05) is 0 Å². The second kappa shape index (κ2) is 7.36. The molecule has 0 saturated heterocycles. The predicted octanol–water partition coefficient (Wildman–Crippen LogP) is 4.23. The third-order valence-electron chi connectivity index (χ3n) is 4.23. The van der Waals surface area contributed by atoms with E-state index in [2.05, 4.69) is 4.98 Å². The Bertz CT molecular complexity index is 1230. The molecule has 7 heteroatoms. The van der Waals surface area contributed by atoms with E-state index >= 15 is 0 Å². The van der Waals surface area contributed by atoms with Gasteiger partial charge in [0.1, 0.15) is 22.9 Å². The number of carbonyl (C=O) groups is 1. The highest BCUT2D eigenvalue weighted by atomic mass is 32.1. The van der Waals surface area contributed by atoms with E-state index < -0.39 is 5.97 Å². The number of ether oxygens (including phenoxy) is 1. The SMILES string of the molecule is Cc1cccn2c(=O)cc(COC(=O)c3ccc(-c4ccc(F)cc4)s3)nc12. The van der Waals surface area contributed by atoms with Gasteiger partial charge in [-0.05, 0) is 48.4 Å². The molecule has 0 bridgehead atoms. The molecule has 4 rings (SSSR count). The molecule has 3 aromatic heterocycles. The Labute approximate surface area is 163 Å². The Balaban J connectivity index is 1.51. The first kappa shape index (κ1) is 18.1. The molecule has 28 heavy (non-hydrogen) atoms. The molecule has 0 aliphatic rings. The van der Waals surface area contributed by atoms with Gasteiger partial charge in [-0.1, -0.05) is 18.2 Å². The van der Waals surface area contributed by atoms with E-state index in [0.717, 1.165) is 16.0 Å². The van der Waals surface area contributed by atoms with Crippen molar-refractivity contribution < 1.29 is 13.9 Å². The monoisotopic (exact) mass is 394 g/mol. The van der Waals surface area contributed by atoms with E-state index in [1.165, 1.54) is 33.9 Å². The summed E-state index contributed by atoms with van der Waals surface area (Å²) in [6.07, 6.45) is 1.65. The van der Waals surface area contributed by atoms with Crippen LogP contribution in [0.4, 0.5) is 4.39 Å². The number of hydrogen-bond donors (Lipinski definition) is 0. The zero-order valence-electron chi connectivity index (χ0n) is 14.9. The molecule has 5 nitrogen and oxygen atoms in total. The minimum atomic E-state index is -0.495. The van der Waals surface area contributed by atoms with Gasteiger partial charge in [-0.15, -0.1) is 11.3 Å². The van der Waals surface area contributed by atoms with E-state index in [1.807, 2.05) is 13.0 Å². The molecule has 0 fully saturated rings. The van der Waals surface area contributed by atoms with Crippen molar-refractivity contribution in [1.29, 1.82) is 0 Å². The molecule has 0 saturated carbocycles. The van der Waals surface area contributed by atoms with E-state index in [1.54, 1.807) is 36.5 Å². The van der Waals surface area contributed by atoms with Crippen LogP contribution in [-0.2, 0) is 11.3 Å². The molecule has 0 aliphatic heterocycles. The maximum Gasteiger partial charge on any atom is 0.348 e. The minimum Gasteiger partial charge on any atom is -0.455 e. The van der Waals surface area contributed by atoms with E-state index in [9.17, 15) is 14.0 Å². The van der Waals surface area contributed by atoms with Crippen LogP contribution in [0.3, 0.4) is 0 Å². The highest BCUT2D eigenvalue weighted by Gasteiger charge is 2.13. The minimum absolute atomic E-state index is 0.0946. The van der Waals surface area contributed by atoms with Crippen LogP contribution in [-0.4, -0.2) is 15.4 Å². The van der Waals surface area contributed by atoms with Crippen molar-refractivity contribution in [3.63, 3.8) is 0 Å². The lowest BCUT2D eigenvalue weighted by atomic mass is 10.2. The highest BCUT2D eigenvalue weighted by Crippen LogP contribution is 2.28. The first-order valence-electron chi connectivity index (χ1n) is 8.52. The fourth-order valence-electron chi connectivity index (χ4n) is 2.81. The molecule has 0 N–H and O–H groups in total. The summed E-state index contributed by atoms with van der Waals surface area (Å²) in [5.74, 6) is -0.806. The van der Waals surface area contributed by atoms with Gasteiger partial charge < -0.3 is 4.74 Å². The largest absolute Gasteiger partial charge is 0.455 e. The molecule has 4 aromatic rings. The number of aryl methyl sites for hydroxylation is 1. The lowest BCUT2D eigenvalue weighted by Gasteiger charge is -2.06. The molecular weight excluding hydrogens is 379 g/mol. The van der Waals surface area contributed by atoms with Crippen LogP contribution < -0.4 is 5.56 Å². The van der Waals surface area contributed by atoms with Crippen LogP contribution in [0.2, 0.25) is 0 Å². The van der Waals surface area contributed by atoms with Crippen molar-refractivity contribution in [1.82, 2.24) is 9.38 Å². The fraction of sp³-hybridized carbons (Fsp3) is 0.0952. The van der Waals surface area contributed by atoms with Gasteiger partial charge in [0.25, 0.3) is 5.56 Å². The fourth-order valence-corrected chi connectivity index (χ4v) is 3.72. The van der Waals surface area contributed by atoms with Gasteiger partial charge in [-0.2, -0.15) is 0 Å². The number of hydrogen-bond acceptors (Lipinski definition) is 5. The number of fused-ring (bicyclic) bond motifs is 1. The van der Waals surface area contributed by atoms with Crippen LogP contribution in [0.25, 0.3) is 16.1 Å². The van der Waals surface area contributed by atoms with Crippen LogP contribution in [0.1, 0.15) is 20.9 Å². The van der Waals surface area contributed by atoms with Crippen LogP contribution in [0.5, 0.6) is 0 Å². The summed E-state index contributed by atoms with van der Waals surface area (Å²) in [7, 11) is 0. The number of benzene rings is 1. The molecule has 0 aliphatic carbocycles. The Morgan fingerprint density at radius 1 is 1.18 bits per heavy atom. The average molecular weight is 394 g/mol. The summed E-state index contributed by atoms with van der Waals surface area (Å²) in [5.41, 5.74) is 2.38. The van der Waals surface area contributed by atoms with Crippen molar-refractivity contribution >= 4 is 23.0 Å². The van der Waals surface area contributed by atoms with E-state index in [-0.39, 0.29) is 18.0 Å². The Kier molecular flexibility index (Phi) is 4.75. The van der Waals surface area contributed by atoms with Crippen molar-refractivity contribution in [3.05, 3.63) is 93.1 Å².